The highest BCUT2D eigenvalue weighted by Crippen LogP contribution is 2.32. The fraction of sp³-hybridized carbons (Fsp3) is 0.316. The average Bonchev–Trinajstić information content (AvgIpc) is 2.61. The quantitative estimate of drug-likeness (QED) is 0.886. The van der Waals surface area contributed by atoms with Crippen molar-refractivity contribution in [2.24, 2.45) is 0 Å². The number of quaternary nitrogens is 1. The number of hydrogen-bond acceptors (Lipinski definition) is 3. The summed E-state index contributed by atoms with van der Waals surface area (Å²) < 4.78 is 11.0. The molecule has 2 aliphatic heterocycles. The van der Waals surface area contributed by atoms with Crippen molar-refractivity contribution in [3.8, 4) is 11.5 Å². The molecule has 2 aromatic rings. The van der Waals surface area contributed by atoms with Gasteiger partial charge < -0.3 is 19.7 Å². The summed E-state index contributed by atoms with van der Waals surface area (Å²) in [6.45, 7) is 3.49. The molecule has 0 spiro atoms. The van der Waals surface area contributed by atoms with Crippen molar-refractivity contribution < 1.29 is 19.2 Å². The van der Waals surface area contributed by atoms with E-state index in [9.17, 15) is 4.79 Å². The van der Waals surface area contributed by atoms with E-state index >= 15 is 0 Å². The van der Waals surface area contributed by atoms with E-state index in [2.05, 4.69) is 29.6 Å². The first-order valence-electron chi connectivity index (χ1n) is 8.38. The van der Waals surface area contributed by atoms with Gasteiger partial charge >= 0.3 is 0 Å². The molecular weight excluding hydrogens is 304 g/mol. The van der Waals surface area contributed by atoms with Gasteiger partial charge in [-0.25, -0.2) is 0 Å². The number of hydrogen-bond donors (Lipinski definition) is 2. The minimum absolute atomic E-state index is 0.0288. The lowest BCUT2D eigenvalue weighted by Crippen LogP contribution is -3.12. The molecular formula is C19H21N2O3+. The van der Waals surface area contributed by atoms with Crippen molar-refractivity contribution in [1.29, 1.82) is 0 Å². The van der Waals surface area contributed by atoms with Gasteiger partial charge in [-0.2, -0.15) is 0 Å². The summed E-state index contributed by atoms with van der Waals surface area (Å²) in [5, 5.41) is 2.97. The van der Waals surface area contributed by atoms with Gasteiger partial charge in [0.25, 0.3) is 5.91 Å². The second-order valence-electron chi connectivity index (χ2n) is 6.28. The molecule has 2 N–H and O–H groups in total. The van der Waals surface area contributed by atoms with Crippen LogP contribution in [0.5, 0.6) is 11.5 Å². The number of benzene rings is 2. The maximum absolute atomic E-state index is 12.4. The second kappa shape index (κ2) is 6.53. The minimum atomic E-state index is 0.0288. The molecule has 2 aromatic carbocycles. The molecule has 2 aliphatic rings. The van der Waals surface area contributed by atoms with E-state index in [0.29, 0.717) is 25.5 Å². The van der Waals surface area contributed by atoms with Gasteiger partial charge in [-0.1, -0.05) is 24.3 Å². The largest absolute Gasteiger partial charge is 0.486 e. The van der Waals surface area contributed by atoms with Crippen LogP contribution in [0.4, 0.5) is 5.69 Å². The van der Waals surface area contributed by atoms with Crippen LogP contribution in [0.1, 0.15) is 11.1 Å². The maximum atomic E-state index is 12.4. The van der Waals surface area contributed by atoms with E-state index in [-0.39, 0.29) is 5.91 Å². The average molecular weight is 325 g/mol. The number of ether oxygens (including phenoxy) is 2. The highest BCUT2D eigenvalue weighted by Gasteiger charge is 2.21. The summed E-state index contributed by atoms with van der Waals surface area (Å²) in [5.74, 6) is 1.46. The van der Waals surface area contributed by atoms with Crippen molar-refractivity contribution in [2.45, 2.75) is 13.0 Å². The summed E-state index contributed by atoms with van der Waals surface area (Å²) in [7, 11) is 0. The summed E-state index contributed by atoms with van der Waals surface area (Å²) >= 11 is 0. The van der Waals surface area contributed by atoms with Crippen molar-refractivity contribution in [2.75, 3.05) is 31.6 Å². The van der Waals surface area contributed by atoms with E-state index < -0.39 is 0 Å². The van der Waals surface area contributed by atoms with Crippen LogP contribution in [0.15, 0.2) is 42.5 Å². The van der Waals surface area contributed by atoms with Crippen molar-refractivity contribution in [1.82, 2.24) is 0 Å². The third kappa shape index (κ3) is 3.21. The Kier molecular flexibility index (Phi) is 4.09. The zero-order valence-electron chi connectivity index (χ0n) is 13.5. The van der Waals surface area contributed by atoms with Gasteiger partial charge in [0.05, 0.1) is 6.54 Å². The Morgan fingerprint density at radius 1 is 1.04 bits per heavy atom. The first kappa shape index (κ1) is 15.0. The van der Waals surface area contributed by atoms with E-state index in [1.54, 1.807) is 0 Å². The molecule has 0 bridgehead atoms. The van der Waals surface area contributed by atoms with Crippen LogP contribution < -0.4 is 19.7 Å². The lowest BCUT2D eigenvalue weighted by atomic mass is 10.00. The molecule has 0 saturated carbocycles. The second-order valence-corrected chi connectivity index (χ2v) is 6.28. The summed E-state index contributed by atoms with van der Waals surface area (Å²) in [6, 6.07) is 14.0. The maximum Gasteiger partial charge on any atom is 0.279 e. The molecule has 0 aliphatic carbocycles. The zero-order valence-corrected chi connectivity index (χ0v) is 13.5. The highest BCUT2D eigenvalue weighted by molar-refractivity contribution is 5.91. The number of carbonyl (C=O) groups is 1. The van der Waals surface area contributed by atoms with Gasteiger partial charge in [0.2, 0.25) is 0 Å². The van der Waals surface area contributed by atoms with Crippen molar-refractivity contribution in [3.05, 3.63) is 53.6 Å². The van der Waals surface area contributed by atoms with Gasteiger partial charge in [-0.3, -0.25) is 4.79 Å². The number of anilines is 1. The molecule has 5 heteroatoms. The SMILES string of the molecule is O=C(C[NH+]1CCc2ccccc2C1)Nc1ccc2c(c1)OCCO2. The van der Waals surface area contributed by atoms with Crippen LogP contribution >= 0.6 is 0 Å². The van der Waals surface area contributed by atoms with Crippen LogP contribution in [0.2, 0.25) is 0 Å². The first-order chi connectivity index (χ1) is 11.8. The lowest BCUT2D eigenvalue weighted by Gasteiger charge is -2.25. The molecule has 0 aromatic heterocycles. The van der Waals surface area contributed by atoms with Gasteiger partial charge in [0.15, 0.2) is 18.0 Å². The topological polar surface area (TPSA) is 52.0 Å². The smallest absolute Gasteiger partial charge is 0.279 e. The van der Waals surface area contributed by atoms with E-state index in [0.717, 1.165) is 30.9 Å². The van der Waals surface area contributed by atoms with Gasteiger partial charge in [0, 0.05) is 23.7 Å². The molecule has 1 atom stereocenters. The molecule has 5 nitrogen and oxygen atoms in total. The summed E-state index contributed by atoms with van der Waals surface area (Å²) in [6.07, 6.45) is 1.03. The minimum Gasteiger partial charge on any atom is -0.486 e. The molecule has 124 valence electrons. The third-order valence-corrected chi connectivity index (χ3v) is 4.54. The molecule has 24 heavy (non-hydrogen) atoms. The fourth-order valence-electron chi connectivity index (χ4n) is 3.35. The van der Waals surface area contributed by atoms with Crippen LogP contribution in [0.3, 0.4) is 0 Å². The molecule has 1 unspecified atom stereocenters. The zero-order chi connectivity index (χ0) is 16.4. The van der Waals surface area contributed by atoms with E-state index in [1.165, 1.54) is 16.0 Å². The Hall–Kier alpha value is -2.53. The number of carbonyl (C=O) groups excluding carboxylic acids is 1. The monoisotopic (exact) mass is 325 g/mol. The summed E-state index contributed by atoms with van der Waals surface area (Å²) in [5.41, 5.74) is 3.51. The number of amides is 1. The molecule has 0 saturated heterocycles. The molecule has 0 radical (unpaired) electrons. The van der Waals surface area contributed by atoms with E-state index in [4.69, 9.17) is 9.47 Å². The predicted octanol–water partition coefficient (Wildman–Crippen LogP) is 1.04. The van der Waals surface area contributed by atoms with Gasteiger partial charge in [-0.05, 0) is 17.7 Å². The Balaban J connectivity index is 1.37. The lowest BCUT2D eigenvalue weighted by molar-refractivity contribution is -0.907. The van der Waals surface area contributed by atoms with Gasteiger partial charge in [-0.15, -0.1) is 0 Å². The Labute approximate surface area is 141 Å². The number of rotatable bonds is 3. The van der Waals surface area contributed by atoms with Gasteiger partial charge in [0.1, 0.15) is 19.8 Å². The third-order valence-electron chi connectivity index (χ3n) is 4.54. The molecule has 4 rings (SSSR count). The Bertz CT molecular complexity index is 760. The Morgan fingerprint density at radius 3 is 2.71 bits per heavy atom. The standard InChI is InChI=1S/C19H20N2O3/c22-19(13-21-8-7-14-3-1-2-4-15(14)12-21)20-16-5-6-17-18(11-16)24-10-9-23-17/h1-6,11H,7-10,12-13H2,(H,20,22)/p+1. The highest BCUT2D eigenvalue weighted by atomic mass is 16.6. The van der Waals surface area contributed by atoms with Crippen LogP contribution in [-0.2, 0) is 17.8 Å². The molecule has 2 heterocycles. The Morgan fingerprint density at radius 2 is 1.83 bits per heavy atom. The van der Waals surface area contributed by atoms with Crippen LogP contribution in [0, 0.1) is 0 Å². The normalized spacial score (nSPS) is 18.6. The molecule has 1 amide bonds. The fourth-order valence-corrected chi connectivity index (χ4v) is 3.35. The van der Waals surface area contributed by atoms with E-state index in [1.807, 2.05) is 18.2 Å². The predicted molar refractivity (Wildman–Crippen MR) is 90.6 cm³/mol. The van der Waals surface area contributed by atoms with Crippen molar-refractivity contribution in [3.63, 3.8) is 0 Å². The van der Waals surface area contributed by atoms with Crippen LogP contribution in [0.25, 0.3) is 0 Å². The molecule has 0 fully saturated rings. The number of nitrogens with one attached hydrogen (secondary N) is 2. The van der Waals surface area contributed by atoms with Crippen LogP contribution in [-0.4, -0.2) is 32.2 Å². The summed E-state index contributed by atoms with van der Waals surface area (Å²) in [4.78, 5) is 13.7. The van der Waals surface area contributed by atoms with Crippen molar-refractivity contribution >= 4 is 11.6 Å². The number of fused-ring (bicyclic) bond motifs is 2. The first-order valence-corrected chi connectivity index (χ1v) is 8.38.